The highest BCUT2D eigenvalue weighted by Gasteiger charge is 2.21. The minimum atomic E-state index is -3.63. The molecule has 2 N–H and O–H groups in total. The number of aliphatic hydroxyl groups excluding tert-OH is 1. The van der Waals surface area contributed by atoms with Crippen LogP contribution in [0, 0.1) is 5.41 Å². The summed E-state index contributed by atoms with van der Waals surface area (Å²) in [5.74, 6) is -0.381. The number of rotatable bonds is 7. The van der Waals surface area contributed by atoms with Gasteiger partial charge in [-0.15, -0.1) is 0 Å². The molecule has 1 rings (SSSR count). The molecule has 0 aliphatic heterocycles. The molecule has 7 heteroatoms. The van der Waals surface area contributed by atoms with Crippen molar-refractivity contribution >= 4 is 16.0 Å². The Labute approximate surface area is 125 Å². The van der Waals surface area contributed by atoms with Gasteiger partial charge in [0.05, 0.1) is 18.4 Å². The van der Waals surface area contributed by atoms with Crippen molar-refractivity contribution in [2.75, 3.05) is 20.3 Å². The second kappa shape index (κ2) is 7.02. The van der Waals surface area contributed by atoms with Gasteiger partial charge in [0.15, 0.2) is 0 Å². The molecule has 0 unspecified atom stereocenters. The Kier molecular flexibility index (Phi) is 5.88. The Morgan fingerprint density at radius 2 is 1.86 bits per heavy atom. The zero-order chi connectivity index (χ0) is 16.1. The molecule has 6 nitrogen and oxygen atoms in total. The van der Waals surface area contributed by atoms with Crippen molar-refractivity contribution in [2.24, 2.45) is 5.41 Å². The van der Waals surface area contributed by atoms with Crippen LogP contribution in [0.15, 0.2) is 29.2 Å². The summed E-state index contributed by atoms with van der Waals surface area (Å²) in [5, 5.41) is 9.13. The van der Waals surface area contributed by atoms with E-state index >= 15 is 0 Å². The van der Waals surface area contributed by atoms with Crippen LogP contribution in [-0.4, -0.2) is 39.8 Å². The normalized spacial score (nSPS) is 12.2. The highest BCUT2D eigenvalue weighted by molar-refractivity contribution is 7.89. The average Bonchev–Trinajstić information content (AvgIpc) is 2.46. The zero-order valence-corrected chi connectivity index (χ0v) is 13.2. The van der Waals surface area contributed by atoms with Gasteiger partial charge in [0, 0.05) is 18.6 Å². The largest absolute Gasteiger partial charge is 0.469 e. The van der Waals surface area contributed by atoms with Crippen LogP contribution in [0.3, 0.4) is 0 Å². The topological polar surface area (TPSA) is 92.7 Å². The van der Waals surface area contributed by atoms with Crippen LogP contribution in [0.1, 0.15) is 19.4 Å². The second-order valence-electron chi connectivity index (χ2n) is 5.54. The first-order valence-electron chi connectivity index (χ1n) is 6.46. The number of carbonyl (C=O) groups excluding carboxylic acids is 1. The number of esters is 1. The van der Waals surface area contributed by atoms with E-state index < -0.39 is 15.4 Å². The number of hydrogen-bond donors (Lipinski definition) is 2. The summed E-state index contributed by atoms with van der Waals surface area (Å²) in [4.78, 5) is 11.2. The maximum Gasteiger partial charge on any atom is 0.309 e. The molecule has 118 valence electrons. The van der Waals surface area contributed by atoms with E-state index in [0.29, 0.717) is 5.56 Å². The molecule has 1 aromatic carbocycles. The molecule has 0 saturated heterocycles. The maximum absolute atomic E-state index is 12.1. The smallest absolute Gasteiger partial charge is 0.309 e. The van der Waals surface area contributed by atoms with Gasteiger partial charge >= 0.3 is 5.97 Å². The molecule has 0 fully saturated rings. The highest BCUT2D eigenvalue weighted by Crippen LogP contribution is 2.15. The predicted octanol–water partition coefficient (Wildman–Crippen LogP) is 0.699. The van der Waals surface area contributed by atoms with Crippen LogP contribution in [-0.2, 0) is 26.0 Å². The maximum atomic E-state index is 12.1. The zero-order valence-electron chi connectivity index (χ0n) is 12.4. The molecule has 0 aliphatic rings. The Morgan fingerprint density at radius 3 is 2.33 bits per heavy atom. The molecule has 0 spiro atoms. The van der Waals surface area contributed by atoms with E-state index in [-0.39, 0.29) is 30.4 Å². The molecule has 1 aromatic rings. The molecule has 0 radical (unpaired) electrons. The third-order valence-corrected chi connectivity index (χ3v) is 4.40. The van der Waals surface area contributed by atoms with Gasteiger partial charge in [-0.05, 0) is 17.7 Å². The number of benzene rings is 1. The summed E-state index contributed by atoms with van der Waals surface area (Å²) in [7, 11) is -2.33. The number of nitrogens with one attached hydrogen (secondary N) is 1. The molecule has 0 amide bonds. The fourth-order valence-electron chi connectivity index (χ4n) is 1.45. The lowest BCUT2D eigenvalue weighted by molar-refractivity contribution is -0.139. The number of carbonyl (C=O) groups is 1. The average molecular weight is 315 g/mol. The molecule has 0 aliphatic carbocycles. The number of hydrogen-bond acceptors (Lipinski definition) is 5. The van der Waals surface area contributed by atoms with Crippen LogP contribution in [0.4, 0.5) is 0 Å². The highest BCUT2D eigenvalue weighted by atomic mass is 32.2. The third kappa shape index (κ3) is 5.45. The van der Waals surface area contributed by atoms with Crippen molar-refractivity contribution in [3.05, 3.63) is 29.8 Å². The first-order chi connectivity index (χ1) is 9.70. The minimum Gasteiger partial charge on any atom is -0.469 e. The predicted molar refractivity (Wildman–Crippen MR) is 78.2 cm³/mol. The number of methoxy groups -OCH3 is 1. The number of ether oxygens (including phenoxy) is 1. The van der Waals surface area contributed by atoms with Crippen molar-refractivity contribution in [3.63, 3.8) is 0 Å². The van der Waals surface area contributed by atoms with E-state index in [1.54, 1.807) is 26.0 Å². The Morgan fingerprint density at radius 1 is 1.29 bits per heavy atom. The first-order valence-corrected chi connectivity index (χ1v) is 7.95. The Balaban J connectivity index is 2.78. The summed E-state index contributed by atoms with van der Waals surface area (Å²) in [6.45, 7) is 3.54. The minimum absolute atomic E-state index is 0.0990. The molecule has 0 heterocycles. The van der Waals surface area contributed by atoms with Gasteiger partial charge in [0.2, 0.25) is 10.0 Å². The molecular formula is C14H21NO5S. The van der Waals surface area contributed by atoms with Gasteiger partial charge in [0.1, 0.15) is 0 Å². The van der Waals surface area contributed by atoms with Crippen molar-refractivity contribution in [1.82, 2.24) is 4.72 Å². The lowest BCUT2D eigenvalue weighted by atomic mass is 9.96. The summed E-state index contributed by atoms with van der Waals surface area (Å²) < 4.78 is 31.2. The van der Waals surface area contributed by atoms with E-state index in [1.807, 2.05) is 0 Å². The van der Waals surface area contributed by atoms with E-state index in [0.717, 1.165) is 0 Å². The Bertz CT molecular complexity index is 578. The molecule has 0 atom stereocenters. The second-order valence-corrected chi connectivity index (χ2v) is 7.31. The van der Waals surface area contributed by atoms with Gasteiger partial charge in [-0.25, -0.2) is 13.1 Å². The van der Waals surface area contributed by atoms with E-state index in [9.17, 15) is 13.2 Å². The molecular weight excluding hydrogens is 294 g/mol. The van der Waals surface area contributed by atoms with Gasteiger partial charge < -0.3 is 9.84 Å². The van der Waals surface area contributed by atoms with E-state index in [4.69, 9.17) is 5.11 Å². The molecule has 0 bridgehead atoms. The Hall–Kier alpha value is -1.44. The first kappa shape index (κ1) is 17.6. The fourth-order valence-corrected chi connectivity index (χ4v) is 2.70. The van der Waals surface area contributed by atoms with E-state index in [2.05, 4.69) is 9.46 Å². The van der Waals surface area contributed by atoms with E-state index in [1.165, 1.54) is 19.2 Å². The van der Waals surface area contributed by atoms with Crippen LogP contribution >= 0.6 is 0 Å². The van der Waals surface area contributed by atoms with Crippen LogP contribution in [0.2, 0.25) is 0 Å². The van der Waals surface area contributed by atoms with Crippen molar-refractivity contribution < 1.29 is 23.1 Å². The standard InChI is InChI=1S/C14H21NO5S/c1-14(2,10-16)9-15-21(18,19)12-6-4-11(5-7-12)8-13(17)20-3/h4-7,15-16H,8-10H2,1-3H3. The van der Waals surface area contributed by atoms with Crippen molar-refractivity contribution in [2.45, 2.75) is 25.2 Å². The monoisotopic (exact) mass is 315 g/mol. The molecule has 21 heavy (non-hydrogen) atoms. The third-order valence-electron chi connectivity index (χ3n) is 2.98. The lowest BCUT2D eigenvalue weighted by Crippen LogP contribution is -2.36. The summed E-state index contributed by atoms with van der Waals surface area (Å²) in [6.07, 6.45) is 0.0990. The summed E-state index contributed by atoms with van der Waals surface area (Å²) >= 11 is 0. The fraction of sp³-hybridized carbons (Fsp3) is 0.500. The van der Waals surface area contributed by atoms with Gasteiger partial charge in [-0.3, -0.25) is 4.79 Å². The van der Waals surface area contributed by atoms with Crippen LogP contribution < -0.4 is 4.72 Å². The number of sulfonamides is 1. The van der Waals surface area contributed by atoms with Gasteiger partial charge in [-0.2, -0.15) is 0 Å². The number of aliphatic hydroxyl groups is 1. The summed E-state index contributed by atoms with van der Waals surface area (Å²) in [5.41, 5.74) is 0.147. The van der Waals surface area contributed by atoms with Gasteiger partial charge in [-0.1, -0.05) is 26.0 Å². The lowest BCUT2D eigenvalue weighted by Gasteiger charge is -2.21. The van der Waals surface area contributed by atoms with Crippen LogP contribution in [0.25, 0.3) is 0 Å². The van der Waals surface area contributed by atoms with Crippen molar-refractivity contribution in [1.29, 1.82) is 0 Å². The van der Waals surface area contributed by atoms with Crippen molar-refractivity contribution in [3.8, 4) is 0 Å². The quantitative estimate of drug-likeness (QED) is 0.723. The molecule has 0 saturated carbocycles. The van der Waals surface area contributed by atoms with Crippen LogP contribution in [0.5, 0.6) is 0 Å². The molecule has 0 aromatic heterocycles. The summed E-state index contributed by atoms with van der Waals surface area (Å²) in [6, 6.07) is 6.02. The van der Waals surface area contributed by atoms with Gasteiger partial charge in [0.25, 0.3) is 0 Å². The SMILES string of the molecule is COC(=O)Cc1ccc(S(=O)(=O)NCC(C)(C)CO)cc1.